The van der Waals surface area contributed by atoms with E-state index in [-0.39, 0.29) is 17.9 Å². The van der Waals surface area contributed by atoms with Gasteiger partial charge in [-0.3, -0.25) is 14.8 Å². The lowest BCUT2D eigenvalue weighted by Crippen LogP contribution is -2.29. The van der Waals surface area contributed by atoms with Gasteiger partial charge in [-0.1, -0.05) is 43.7 Å². The van der Waals surface area contributed by atoms with E-state index in [0.717, 1.165) is 28.3 Å². The van der Waals surface area contributed by atoms with Gasteiger partial charge in [0, 0.05) is 11.3 Å². The summed E-state index contributed by atoms with van der Waals surface area (Å²) in [6.07, 6.45) is 0. The molecule has 3 aromatic rings. The van der Waals surface area contributed by atoms with Crippen molar-refractivity contribution in [3.05, 3.63) is 76.6 Å². The zero-order valence-electron chi connectivity index (χ0n) is 16.0. The summed E-state index contributed by atoms with van der Waals surface area (Å²) in [4.78, 5) is 15.1. The Morgan fingerprint density at radius 1 is 1.07 bits per heavy atom. The number of amides is 1. The third-order valence-corrected chi connectivity index (χ3v) is 5.09. The molecule has 27 heavy (non-hydrogen) atoms. The first-order valence-electron chi connectivity index (χ1n) is 9.13. The van der Waals surface area contributed by atoms with Crippen molar-refractivity contribution in [2.24, 2.45) is 0 Å². The smallest absolute Gasteiger partial charge is 0.277 e. The Hall–Kier alpha value is -3.08. The molecule has 1 aliphatic heterocycles. The summed E-state index contributed by atoms with van der Waals surface area (Å²) in [6.45, 7) is 6.26. The van der Waals surface area contributed by atoms with Crippen LogP contribution in [0.3, 0.4) is 0 Å². The molecular weight excluding hydrogens is 338 g/mol. The highest BCUT2D eigenvalue weighted by atomic mass is 16.5. The Labute approximate surface area is 159 Å². The number of aromatic nitrogens is 2. The number of carbonyl (C=O) groups excluding carboxylic acids is 1. The van der Waals surface area contributed by atoms with Crippen LogP contribution in [-0.4, -0.2) is 23.2 Å². The van der Waals surface area contributed by atoms with Gasteiger partial charge >= 0.3 is 0 Å². The standard InChI is InChI=1S/C22H23N3O2/c1-13(2)19-18-20(24-23-19)22(26)25(16-9-11-17(27-4)12-10-16)21(18)15-7-5-14(3)6-8-15/h5-13,21H,1-4H3,(H,23,24). The molecule has 138 valence electrons. The van der Waals surface area contributed by atoms with Crippen LogP contribution < -0.4 is 9.64 Å². The Bertz CT molecular complexity index is 972. The molecule has 0 saturated carbocycles. The highest BCUT2D eigenvalue weighted by molar-refractivity contribution is 6.10. The predicted molar refractivity (Wildman–Crippen MR) is 106 cm³/mol. The van der Waals surface area contributed by atoms with Crippen LogP contribution in [0.15, 0.2) is 48.5 Å². The number of methoxy groups -OCH3 is 1. The maximum atomic E-state index is 13.3. The minimum absolute atomic E-state index is 0.0554. The molecule has 4 rings (SSSR count). The third kappa shape index (κ3) is 2.79. The number of hydrogen-bond acceptors (Lipinski definition) is 3. The number of nitrogens with zero attached hydrogens (tertiary/aromatic N) is 2. The molecule has 1 aliphatic rings. The minimum Gasteiger partial charge on any atom is -0.497 e. The molecule has 1 unspecified atom stereocenters. The topological polar surface area (TPSA) is 58.2 Å². The monoisotopic (exact) mass is 361 g/mol. The number of nitrogens with one attached hydrogen (secondary N) is 1. The van der Waals surface area contributed by atoms with E-state index < -0.39 is 0 Å². The molecule has 5 nitrogen and oxygen atoms in total. The van der Waals surface area contributed by atoms with Crippen molar-refractivity contribution in [3.8, 4) is 5.75 Å². The summed E-state index contributed by atoms with van der Waals surface area (Å²) in [5.41, 5.74) is 5.61. The number of hydrogen-bond donors (Lipinski definition) is 1. The SMILES string of the molecule is COc1ccc(N2C(=O)c3[nH]nc(C(C)C)c3C2c2ccc(C)cc2)cc1. The van der Waals surface area contributed by atoms with Crippen molar-refractivity contribution in [3.63, 3.8) is 0 Å². The zero-order valence-corrected chi connectivity index (χ0v) is 16.0. The van der Waals surface area contributed by atoms with Crippen molar-refractivity contribution in [1.29, 1.82) is 0 Å². The molecule has 2 heterocycles. The van der Waals surface area contributed by atoms with Gasteiger partial charge in [-0.05, 0) is 42.7 Å². The fourth-order valence-corrected chi connectivity index (χ4v) is 3.69. The highest BCUT2D eigenvalue weighted by Crippen LogP contribution is 2.44. The largest absolute Gasteiger partial charge is 0.497 e. The molecule has 1 aromatic heterocycles. The van der Waals surface area contributed by atoms with E-state index in [0.29, 0.717) is 5.69 Å². The number of benzene rings is 2. The molecule has 0 spiro atoms. The van der Waals surface area contributed by atoms with E-state index in [1.807, 2.05) is 29.2 Å². The van der Waals surface area contributed by atoms with Crippen molar-refractivity contribution in [1.82, 2.24) is 10.2 Å². The number of fused-ring (bicyclic) bond motifs is 1. The lowest BCUT2D eigenvalue weighted by Gasteiger charge is -2.27. The van der Waals surface area contributed by atoms with Crippen LogP contribution in [0.1, 0.15) is 58.7 Å². The maximum Gasteiger partial charge on any atom is 0.277 e. The first-order chi connectivity index (χ1) is 13.0. The normalized spacial score (nSPS) is 16.1. The van der Waals surface area contributed by atoms with Crippen molar-refractivity contribution < 1.29 is 9.53 Å². The van der Waals surface area contributed by atoms with Gasteiger partial charge in [-0.2, -0.15) is 5.10 Å². The lowest BCUT2D eigenvalue weighted by molar-refractivity contribution is 0.0988. The van der Waals surface area contributed by atoms with E-state index in [1.54, 1.807) is 7.11 Å². The fraction of sp³-hybridized carbons (Fsp3) is 0.273. The molecule has 1 amide bonds. The maximum absolute atomic E-state index is 13.3. The molecule has 1 atom stereocenters. The Morgan fingerprint density at radius 3 is 2.33 bits per heavy atom. The molecule has 5 heteroatoms. The Morgan fingerprint density at radius 2 is 1.74 bits per heavy atom. The number of aryl methyl sites for hydroxylation is 1. The second-order valence-electron chi connectivity index (χ2n) is 7.24. The van der Waals surface area contributed by atoms with Crippen molar-refractivity contribution in [2.75, 3.05) is 12.0 Å². The van der Waals surface area contributed by atoms with E-state index in [4.69, 9.17) is 4.74 Å². The Kier molecular flexibility index (Phi) is 4.22. The number of aromatic amines is 1. The molecule has 0 radical (unpaired) electrons. The predicted octanol–water partition coefficient (Wildman–Crippen LogP) is 4.60. The fourth-order valence-electron chi connectivity index (χ4n) is 3.69. The van der Waals surface area contributed by atoms with Crippen LogP contribution in [0, 0.1) is 6.92 Å². The number of anilines is 1. The molecule has 0 aliphatic carbocycles. The highest BCUT2D eigenvalue weighted by Gasteiger charge is 2.43. The van der Waals surface area contributed by atoms with Crippen LogP contribution in [0.25, 0.3) is 0 Å². The van der Waals surface area contributed by atoms with E-state index in [1.165, 1.54) is 5.56 Å². The molecule has 0 fully saturated rings. The number of carbonyl (C=O) groups is 1. The summed E-state index contributed by atoms with van der Waals surface area (Å²) in [5, 5.41) is 7.43. The van der Waals surface area contributed by atoms with E-state index in [2.05, 4.69) is 55.2 Å². The minimum atomic E-state index is -0.197. The van der Waals surface area contributed by atoms with Crippen molar-refractivity contribution >= 4 is 11.6 Å². The molecule has 1 N–H and O–H groups in total. The summed E-state index contributed by atoms with van der Waals surface area (Å²) in [6, 6.07) is 15.8. The first-order valence-corrected chi connectivity index (χ1v) is 9.13. The summed E-state index contributed by atoms with van der Waals surface area (Å²) in [7, 11) is 1.64. The first kappa shape index (κ1) is 17.3. The average Bonchev–Trinajstić information content (AvgIpc) is 3.22. The number of rotatable bonds is 4. The van der Waals surface area contributed by atoms with E-state index in [9.17, 15) is 4.79 Å². The molecule has 2 aromatic carbocycles. The average molecular weight is 361 g/mol. The second kappa shape index (κ2) is 6.58. The number of H-pyrrole nitrogens is 1. The van der Waals surface area contributed by atoms with Crippen LogP contribution in [0.4, 0.5) is 5.69 Å². The lowest BCUT2D eigenvalue weighted by atomic mass is 9.94. The van der Waals surface area contributed by atoms with E-state index >= 15 is 0 Å². The van der Waals surface area contributed by atoms with Gasteiger partial charge in [0.2, 0.25) is 0 Å². The summed E-state index contributed by atoms with van der Waals surface area (Å²) < 4.78 is 5.26. The molecule has 0 bridgehead atoms. The number of ether oxygens (including phenoxy) is 1. The van der Waals surface area contributed by atoms with Crippen LogP contribution in [0.5, 0.6) is 5.75 Å². The molecular formula is C22H23N3O2. The van der Waals surface area contributed by atoms with Gasteiger partial charge in [-0.25, -0.2) is 0 Å². The second-order valence-corrected chi connectivity index (χ2v) is 7.24. The Balaban J connectivity index is 1.88. The van der Waals surface area contributed by atoms with Gasteiger partial charge < -0.3 is 4.74 Å². The van der Waals surface area contributed by atoms with Crippen LogP contribution >= 0.6 is 0 Å². The summed E-state index contributed by atoms with van der Waals surface area (Å²) in [5.74, 6) is 0.932. The van der Waals surface area contributed by atoms with Crippen LogP contribution in [-0.2, 0) is 0 Å². The van der Waals surface area contributed by atoms with Gasteiger partial charge in [0.05, 0.1) is 18.8 Å². The summed E-state index contributed by atoms with van der Waals surface area (Å²) >= 11 is 0. The van der Waals surface area contributed by atoms with Crippen molar-refractivity contribution in [2.45, 2.75) is 32.7 Å². The zero-order chi connectivity index (χ0) is 19.1. The van der Waals surface area contributed by atoms with Gasteiger partial charge in [0.1, 0.15) is 11.4 Å². The van der Waals surface area contributed by atoms with Crippen LogP contribution in [0.2, 0.25) is 0 Å². The van der Waals surface area contributed by atoms with Gasteiger partial charge in [-0.15, -0.1) is 0 Å². The molecule has 0 saturated heterocycles. The van der Waals surface area contributed by atoms with Gasteiger partial charge in [0.15, 0.2) is 0 Å². The quantitative estimate of drug-likeness (QED) is 0.739. The third-order valence-electron chi connectivity index (χ3n) is 5.09. The van der Waals surface area contributed by atoms with Gasteiger partial charge in [0.25, 0.3) is 5.91 Å².